The number of hydrogen-bond acceptors (Lipinski definition) is 5. The van der Waals surface area contributed by atoms with Gasteiger partial charge in [-0.2, -0.15) is 5.10 Å². The van der Waals surface area contributed by atoms with Crippen LogP contribution in [-0.4, -0.2) is 39.2 Å². The minimum atomic E-state index is -0.261. The van der Waals surface area contributed by atoms with Crippen molar-refractivity contribution < 1.29 is 14.3 Å². The molecule has 0 unspecified atom stereocenters. The number of anilines is 1. The molecule has 8 heteroatoms. The number of ether oxygens (including phenoxy) is 1. The summed E-state index contributed by atoms with van der Waals surface area (Å²) in [6, 6.07) is 1.50. The van der Waals surface area contributed by atoms with E-state index >= 15 is 0 Å². The van der Waals surface area contributed by atoms with E-state index in [0.29, 0.717) is 23.6 Å². The highest BCUT2D eigenvalue weighted by Gasteiger charge is 2.20. The second kappa shape index (κ2) is 6.54. The molecule has 2 N–H and O–H groups in total. The second-order valence-corrected chi connectivity index (χ2v) is 6.27. The van der Waals surface area contributed by atoms with Crippen LogP contribution in [0.1, 0.15) is 34.2 Å². The molecule has 0 radical (unpaired) electrons. The zero-order valence-corrected chi connectivity index (χ0v) is 14.7. The fourth-order valence-electron chi connectivity index (χ4n) is 2.88. The van der Waals surface area contributed by atoms with Crippen LogP contribution in [0.25, 0.3) is 0 Å². The highest BCUT2D eigenvalue weighted by atomic mass is 16.5. The number of nitrogens with zero attached hydrogens (tertiary/aromatic N) is 3. The smallest absolute Gasteiger partial charge is 0.262 e. The Hall–Kier alpha value is -2.90. The number of rotatable bonds is 4. The number of aryl methyl sites for hydroxylation is 2. The lowest BCUT2D eigenvalue weighted by Crippen LogP contribution is -2.34. The Kier molecular flexibility index (Phi) is 4.43. The summed E-state index contributed by atoms with van der Waals surface area (Å²) in [7, 11) is 1.91. The quantitative estimate of drug-likeness (QED) is 0.867. The predicted octanol–water partition coefficient (Wildman–Crippen LogP) is 1.12. The molecule has 1 aliphatic heterocycles. The summed E-state index contributed by atoms with van der Waals surface area (Å²) in [5.41, 5.74) is 3.98. The van der Waals surface area contributed by atoms with Gasteiger partial charge in [0.25, 0.3) is 11.8 Å². The van der Waals surface area contributed by atoms with E-state index in [9.17, 15) is 9.59 Å². The number of fused-ring (bicyclic) bond motifs is 1. The van der Waals surface area contributed by atoms with Crippen molar-refractivity contribution >= 4 is 17.5 Å². The van der Waals surface area contributed by atoms with E-state index < -0.39 is 0 Å². The van der Waals surface area contributed by atoms with Crippen molar-refractivity contribution in [3.63, 3.8) is 0 Å². The summed E-state index contributed by atoms with van der Waals surface area (Å²) in [6.45, 7) is 5.86. The largest absolute Gasteiger partial charge is 0.466 e. The van der Waals surface area contributed by atoms with Crippen LogP contribution in [-0.2, 0) is 18.3 Å². The third-order valence-electron chi connectivity index (χ3n) is 4.27. The molecule has 0 spiro atoms. The van der Waals surface area contributed by atoms with E-state index in [4.69, 9.17) is 4.74 Å². The van der Waals surface area contributed by atoms with Gasteiger partial charge in [-0.3, -0.25) is 14.3 Å². The molecule has 2 aromatic rings. The third kappa shape index (κ3) is 3.47. The van der Waals surface area contributed by atoms with Crippen molar-refractivity contribution in [1.82, 2.24) is 20.1 Å². The molecular weight excluding hydrogens is 322 g/mol. The van der Waals surface area contributed by atoms with E-state index in [0.717, 1.165) is 17.0 Å². The highest BCUT2D eigenvalue weighted by molar-refractivity contribution is 5.99. The fourth-order valence-corrected chi connectivity index (χ4v) is 2.88. The molecule has 0 aromatic carbocycles. The van der Waals surface area contributed by atoms with Gasteiger partial charge in [-0.15, -0.1) is 0 Å². The number of pyridine rings is 1. The maximum Gasteiger partial charge on any atom is 0.262 e. The molecule has 3 rings (SSSR count). The molecule has 0 bridgehead atoms. The van der Waals surface area contributed by atoms with Crippen molar-refractivity contribution in [2.24, 2.45) is 7.05 Å². The van der Waals surface area contributed by atoms with Crippen LogP contribution in [0, 0.1) is 13.8 Å². The van der Waals surface area contributed by atoms with Crippen molar-refractivity contribution in [2.45, 2.75) is 33.2 Å². The van der Waals surface area contributed by atoms with Gasteiger partial charge in [-0.1, -0.05) is 0 Å². The zero-order chi connectivity index (χ0) is 18.1. The number of carbonyl (C=O) groups excluding carboxylic acids is 2. The maximum atomic E-state index is 12.5. The number of hydrogen-bond donors (Lipinski definition) is 2. The Balaban J connectivity index is 1.69. The molecule has 0 saturated heterocycles. The van der Waals surface area contributed by atoms with Crippen molar-refractivity contribution in [3.05, 3.63) is 34.8 Å². The zero-order valence-electron chi connectivity index (χ0n) is 14.7. The predicted molar refractivity (Wildman–Crippen MR) is 91.7 cm³/mol. The van der Waals surface area contributed by atoms with Crippen LogP contribution in [0.2, 0.25) is 0 Å². The topological polar surface area (TPSA) is 98.1 Å². The summed E-state index contributed by atoms with van der Waals surface area (Å²) in [5.74, 6) is -0.185. The third-order valence-corrected chi connectivity index (χ3v) is 4.27. The second-order valence-electron chi connectivity index (χ2n) is 6.27. The summed E-state index contributed by atoms with van der Waals surface area (Å²) in [6.07, 6.45) is 2.13. The molecule has 2 amide bonds. The van der Waals surface area contributed by atoms with Gasteiger partial charge >= 0.3 is 0 Å². The van der Waals surface area contributed by atoms with E-state index in [2.05, 4.69) is 20.7 Å². The van der Waals surface area contributed by atoms with Crippen LogP contribution >= 0.6 is 0 Å². The van der Waals surface area contributed by atoms with Gasteiger partial charge in [0, 0.05) is 25.0 Å². The Morgan fingerprint density at radius 3 is 2.92 bits per heavy atom. The minimum absolute atomic E-state index is 0.0631. The molecule has 0 aliphatic carbocycles. The van der Waals surface area contributed by atoms with E-state index in [-0.39, 0.29) is 24.5 Å². The molecular formula is C17H21N5O3. The standard InChI is InChI=1S/C17H21N5O3/c1-9(5-13-10(2)21-22(4)11(13)3)19-16(24)12-6-14-17(18-7-12)25-8-15(23)20-14/h6-7,9H,5,8H2,1-4H3,(H,19,24)(H,20,23)/t9-/m1/s1. The summed E-state index contributed by atoms with van der Waals surface area (Å²) < 4.78 is 7.04. The average Bonchev–Trinajstić information content (AvgIpc) is 2.80. The fraction of sp³-hybridized carbons (Fsp3) is 0.412. The molecule has 1 aliphatic rings. The van der Waals surface area contributed by atoms with Crippen LogP contribution < -0.4 is 15.4 Å². The Labute approximate surface area is 145 Å². The SMILES string of the molecule is Cc1nn(C)c(C)c1C[C@@H](C)NC(=O)c1cnc2c(c1)NC(=O)CO2. The van der Waals surface area contributed by atoms with Gasteiger partial charge in [0.2, 0.25) is 5.88 Å². The summed E-state index contributed by atoms with van der Waals surface area (Å²) >= 11 is 0. The van der Waals surface area contributed by atoms with Crippen LogP contribution in [0.4, 0.5) is 5.69 Å². The van der Waals surface area contributed by atoms with Crippen LogP contribution in [0.5, 0.6) is 5.88 Å². The molecule has 25 heavy (non-hydrogen) atoms. The lowest BCUT2D eigenvalue weighted by Gasteiger charge is -2.18. The normalized spacial score (nSPS) is 14.3. The molecule has 3 heterocycles. The van der Waals surface area contributed by atoms with Crippen molar-refractivity contribution in [2.75, 3.05) is 11.9 Å². The van der Waals surface area contributed by atoms with E-state index in [1.165, 1.54) is 6.20 Å². The molecule has 0 fully saturated rings. The van der Waals surface area contributed by atoms with E-state index in [1.807, 2.05) is 32.5 Å². The Bertz CT molecular complexity index is 843. The number of carbonyl (C=O) groups is 2. The first-order valence-corrected chi connectivity index (χ1v) is 8.07. The lowest BCUT2D eigenvalue weighted by atomic mass is 10.0. The first-order chi connectivity index (χ1) is 11.8. The minimum Gasteiger partial charge on any atom is -0.466 e. The Morgan fingerprint density at radius 1 is 1.48 bits per heavy atom. The molecule has 1 atom stereocenters. The van der Waals surface area contributed by atoms with Gasteiger partial charge in [0.15, 0.2) is 6.61 Å². The lowest BCUT2D eigenvalue weighted by molar-refractivity contribution is -0.118. The summed E-state index contributed by atoms with van der Waals surface area (Å²) in [4.78, 5) is 27.9. The first-order valence-electron chi connectivity index (χ1n) is 8.07. The van der Waals surface area contributed by atoms with Crippen molar-refractivity contribution in [1.29, 1.82) is 0 Å². The Morgan fingerprint density at radius 2 is 2.24 bits per heavy atom. The summed E-state index contributed by atoms with van der Waals surface area (Å²) in [5, 5.41) is 10.0. The average molecular weight is 343 g/mol. The molecule has 0 saturated carbocycles. The monoisotopic (exact) mass is 343 g/mol. The van der Waals surface area contributed by atoms with E-state index in [1.54, 1.807) is 6.07 Å². The number of amides is 2. The van der Waals surface area contributed by atoms with Gasteiger partial charge < -0.3 is 15.4 Å². The maximum absolute atomic E-state index is 12.5. The molecule has 132 valence electrons. The van der Waals surface area contributed by atoms with Gasteiger partial charge in [0.05, 0.1) is 11.3 Å². The van der Waals surface area contributed by atoms with Gasteiger partial charge in [-0.25, -0.2) is 4.98 Å². The number of nitrogens with one attached hydrogen (secondary N) is 2. The first kappa shape index (κ1) is 16.9. The molecule has 8 nitrogen and oxygen atoms in total. The van der Waals surface area contributed by atoms with Crippen LogP contribution in [0.15, 0.2) is 12.3 Å². The number of aromatic nitrogens is 3. The van der Waals surface area contributed by atoms with Gasteiger partial charge in [0.1, 0.15) is 5.69 Å². The van der Waals surface area contributed by atoms with Gasteiger partial charge in [-0.05, 0) is 38.8 Å². The van der Waals surface area contributed by atoms with Crippen LogP contribution in [0.3, 0.4) is 0 Å². The highest BCUT2D eigenvalue weighted by Crippen LogP contribution is 2.25. The molecule has 2 aromatic heterocycles. The van der Waals surface area contributed by atoms with Crippen molar-refractivity contribution in [3.8, 4) is 5.88 Å².